The molecular weight excluding hydrogens is 340 g/mol. The summed E-state index contributed by atoms with van der Waals surface area (Å²) in [5, 5.41) is 14.2. The van der Waals surface area contributed by atoms with Crippen LogP contribution < -0.4 is 16.4 Å². The zero-order valence-corrected chi connectivity index (χ0v) is 15.3. The highest BCUT2D eigenvalue weighted by Gasteiger charge is 2.17. The van der Waals surface area contributed by atoms with Gasteiger partial charge in [0.2, 0.25) is 0 Å². The predicted octanol–water partition coefficient (Wildman–Crippen LogP) is 2.70. The predicted molar refractivity (Wildman–Crippen MR) is 108 cm³/mol. The molecule has 1 amide bonds. The Kier molecular flexibility index (Phi) is 6.01. The maximum atomic E-state index is 12.4. The van der Waals surface area contributed by atoms with Gasteiger partial charge in [0.05, 0.1) is 12.7 Å². The highest BCUT2D eigenvalue weighted by atomic mass is 16.5. The molecule has 6 heteroatoms. The Labute approximate surface area is 158 Å². The lowest BCUT2D eigenvalue weighted by Gasteiger charge is -2.24. The highest BCUT2D eigenvalue weighted by Crippen LogP contribution is 2.21. The average molecular weight is 364 g/mol. The highest BCUT2D eigenvalue weighted by molar-refractivity contribution is 6.48. The van der Waals surface area contributed by atoms with E-state index in [2.05, 4.69) is 10.6 Å². The van der Waals surface area contributed by atoms with Gasteiger partial charge < -0.3 is 21.1 Å². The van der Waals surface area contributed by atoms with Gasteiger partial charge in [-0.1, -0.05) is 42.5 Å². The molecule has 1 aliphatic rings. The van der Waals surface area contributed by atoms with Crippen molar-refractivity contribution in [1.29, 1.82) is 5.41 Å². The van der Waals surface area contributed by atoms with Gasteiger partial charge in [0, 0.05) is 30.0 Å². The van der Waals surface area contributed by atoms with Crippen molar-refractivity contribution in [2.45, 2.75) is 13.0 Å². The number of ether oxygens (including phenoxy) is 1. The number of benzene rings is 2. The number of nitrogens with one attached hydrogen (secondary N) is 3. The summed E-state index contributed by atoms with van der Waals surface area (Å²) in [5.41, 5.74) is 9.30. The molecule has 6 nitrogen and oxygen atoms in total. The molecule has 5 N–H and O–H groups in total. The molecule has 0 unspecified atom stereocenters. The molecule has 0 saturated carbocycles. The van der Waals surface area contributed by atoms with Gasteiger partial charge in [-0.2, -0.15) is 0 Å². The average Bonchev–Trinajstić information content (AvgIpc) is 2.74. The standard InChI is InChI=1S/C21H24N4O2/c1-14(19(22)16-5-3-2-4-6-16)20(23)21(26)25-17-9-7-15(8-10-17)18-13-24-11-12-27-18/h2-10,18,23-24H,11-13,22H2,1H3,(H,25,26)/b19-14-,23-20?/t18-/m1/s1. The first-order valence-electron chi connectivity index (χ1n) is 8.90. The Morgan fingerprint density at radius 3 is 2.52 bits per heavy atom. The second-order valence-corrected chi connectivity index (χ2v) is 6.42. The van der Waals surface area contributed by atoms with E-state index in [0.717, 1.165) is 24.2 Å². The second-order valence-electron chi connectivity index (χ2n) is 6.42. The third-order valence-electron chi connectivity index (χ3n) is 4.56. The molecule has 1 aliphatic heterocycles. The van der Waals surface area contributed by atoms with Gasteiger partial charge in [-0.3, -0.25) is 10.2 Å². The molecule has 27 heavy (non-hydrogen) atoms. The van der Waals surface area contributed by atoms with Crippen molar-refractivity contribution in [3.63, 3.8) is 0 Å². The molecule has 1 fully saturated rings. The smallest absolute Gasteiger partial charge is 0.273 e. The van der Waals surface area contributed by atoms with Crippen molar-refractivity contribution in [3.05, 3.63) is 71.3 Å². The van der Waals surface area contributed by atoms with Crippen LogP contribution in [0.1, 0.15) is 24.2 Å². The van der Waals surface area contributed by atoms with Gasteiger partial charge in [-0.15, -0.1) is 0 Å². The zero-order chi connectivity index (χ0) is 19.2. The van der Waals surface area contributed by atoms with E-state index in [1.165, 1.54) is 0 Å². The van der Waals surface area contributed by atoms with Crippen molar-refractivity contribution in [1.82, 2.24) is 5.32 Å². The van der Waals surface area contributed by atoms with Crippen LogP contribution in [0.3, 0.4) is 0 Å². The number of carbonyl (C=O) groups is 1. The summed E-state index contributed by atoms with van der Waals surface area (Å²) in [5.74, 6) is -0.491. The SMILES string of the molecule is C/C(C(=N)C(=O)Nc1ccc([C@H]2CNCCO2)cc1)=C(/N)c1ccccc1. The second kappa shape index (κ2) is 8.62. The first-order chi connectivity index (χ1) is 13.1. The number of hydrogen-bond acceptors (Lipinski definition) is 5. The van der Waals surface area contributed by atoms with Crippen LogP contribution >= 0.6 is 0 Å². The van der Waals surface area contributed by atoms with Crippen LogP contribution in [-0.4, -0.2) is 31.3 Å². The number of carbonyl (C=O) groups excluding carboxylic acids is 1. The molecule has 1 heterocycles. The number of hydrogen-bond donors (Lipinski definition) is 4. The van der Waals surface area contributed by atoms with Crippen LogP contribution in [-0.2, 0) is 9.53 Å². The minimum absolute atomic E-state index is 0.0256. The zero-order valence-electron chi connectivity index (χ0n) is 15.3. The summed E-state index contributed by atoms with van der Waals surface area (Å²) in [4.78, 5) is 12.4. The van der Waals surface area contributed by atoms with Gasteiger partial charge in [0.1, 0.15) is 5.71 Å². The van der Waals surface area contributed by atoms with E-state index < -0.39 is 5.91 Å². The van der Waals surface area contributed by atoms with E-state index in [-0.39, 0.29) is 11.8 Å². The fourth-order valence-corrected chi connectivity index (χ4v) is 2.89. The normalized spacial score (nSPS) is 17.7. The van der Waals surface area contributed by atoms with E-state index in [1.54, 1.807) is 6.92 Å². The fraction of sp³-hybridized carbons (Fsp3) is 0.238. The van der Waals surface area contributed by atoms with Crippen molar-refractivity contribution in [3.8, 4) is 0 Å². The van der Waals surface area contributed by atoms with Gasteiger partial charge in [-0.05, 0) is 30.2 Å². The minimum Gasteiger partial charge on any atom is -0.398 e. The molecule has 0 spiro atoms. The van der Waals surface area contributed by atoms with Crippen molar-refractivity contribution in [2.24, 2.45) is 5.73 Å². The minimum atomic E-state index is -0.491. The molecule has 2 aromatic rings. The maximum absolute atomic E-state index is 12.4. The molecule has 0 radical (unpaired) electrons. The van der Waals surface area contributed by atoms with Gasteiger partial charge >= 0.3 is 0 Å². The van der Waals surface area contributed by atoms with E-state index in [1.807, 2.05) is 54.6 Å². The van der Waals surface area contributed by atoms with Crippen LogP contribution in [0.5, 0.6) is 0 Å². The number of amides is 1. The van der Waals surface area contributed by atoms with Crippen molar-refractivity contribution >= 4 is 23.0 Å². The van der Waals surface area contributed by atoms with Crippen molar-refractivity contribution < 1.29 is 9.53 Å². The van der Waals surface area contributed by atoms with Gasteiger partial charge in [-0.25, -0.2) is 0 Å². The van der Waals surface area contributed by atoms with Gasteiger partial charge in [0.15, 0.2) is 0 Å². The third kappa shape index (κ3) is 4.61. The first-order valence-corrected chi connectivity index (χ1v) is 8.90. The summed E-state index contributed by atoms with van der Waals surface area (Å²) in [6.07, 6.45) is 0.0256. The first kappa shape index (κ1) is 18.8. The molecule has 0 aliphatic carbocycles. The maximum Gasteiger partial charge on any atom is 0.273 e. The van der Waals surface area contributed by atoms with E-state index >= 15 is 0 Å². The third-order valence-corrected chi connectivity index (χ3v) is 4.56. The Morgan fingerprint density at radius 2 is 1.89 bits per heavy atom. The van der Waals surface area contributed by atoms with E-state index in [0.29, 0.717) is 23.6 Å². The lowest BCUT2D eigenvalue weighted by molar-refractivity contribution is -0.110. The molecule has 0 aromatic heterocycles. The van der Waals surface area contributed by atoms with Gasteiger partial charge in [0.25, 0.3) is 5.91 Å². The lowest BCUT2D eigenvalue weighted by Crippen LogP contribution is -2.33. The summed E-state index contributed by atoms with van der Waals surface area (Å²) in [6, 6.07) is 16.8. The molecule has 0 bridgehead atoms. The fourth-order valence-electron chi connectivity index (χ4n) is 2.89. The molecule has 3 rings (SSSR count). The number of nitrogens with two attached hydrogens (primary N) is 1. The summed E-state index contributed by atoms with van der Waals surface area (Å²) in [7, 11) is 0. The largest absolute Gasteiger partial charge is 0.398 e. The molecule has 2 aromatic carbocycles. The summed E-state index contributed by atoms with van der Waals surface area (Å²) < 4.78 is 5.72. The molecule has 140 valence electrons. The Morgan fingerprint density at radius 1 is 1.19 bits per heavy atom. The topological polar surface area (TPSA) is 100 Å². The summed E-state index contributed by atoms with van der Waals surface area (Å²) >= 11 is 0. The van der Waals surface area contributed by atoms with E-state index in [9.17, 15) is 4.79 Å². The van der Waals surface area contributed by atoms with Crippen LogP contribution in [0.4, 0.5) is 5.69 Å². The number of rotatable bonds is 5. The molecule has 1 atom stereocenters. The van der Waals surface area contributed by atoms with E-state index in [4.69, 9.17) is 15.9 Å². The monoisotopic (exact) mass is 364 g/mol. The van der Waals surface area contributed by atoms with Crippen LogP contribution in [0.15, 0.2) is 60.2 Å². The summed E-state index contributed by atoms with van der Waals surface area (Å²) in [6.45, 7) is 4.01. The Hall–Kier alpha value is -2.96. The Balaban J connectivity index is 1.66. The molecule has 1 saturated heterocycles. The molecular formula is C21H24N4O2. The van der Waals surface area contributed by atoms with Crippen molar-refractivity contribution in [2.75, 3.05) is 25.0 Å². The number of morpholine rings is 1. The van der Waals surface area contributed by atoms with Crippen LogP contribution in [0.25, 0.3) is 5.70 Å². The van der Waals surface area contributed by atoms with Crippen LogP contribution in [0.2, 0.25) is 0 Å². The number of anilines is 1. The lowest BCUT2D eigenvalue weighted by atomic mass is 10.0. The Bertz CT molecular complexity index is 838. The van der Waals surface area contributed by atoms with Crippen LogP contribution in [0, 0.1) is 5.41 Å². The quantitative estimate of drug-likeness (QED) is 0.613.